The highest BCUT2D eigenvalue weighted by Gasteiger charge is 2.54. The molecule has 0 bridgehead atoms. The Morgan fingerprint density at radius 2 is 2.18 bits per heavy atom. The number of hydroxylamine groups is 2. The van der Waals surface area contributed by atoms with Crippen LogP contribution in [0.15, 0.2) is 16.7 Å². The maximum atomic E-state index is 12.7. The highest BCUT2D eigenvalue weighted by Crippen LogP contribution is 2.41. The molecule has 3 aliphatic heterocycles. The number of hydrogen-bond acceptors (Lipinski definition) is 12. The van der Waals surface area contributed by atoms with Crippen molar-refractivity contribution < 1.29 is 34.1 Å². The Hall–Kier alpha value is -2.70. The molecule has 0 aromatic carbocycles. The number of hydrogen-bond donors (Lipinski definition) is 5. The largest absolute Gasteiger partial charge is 0.624 e. The van der Waals surface area contributed by atoms with Crippen molar-refractivity contribution in [1.82, 2.24) is 24.8 Å². The van der Waals surface area contributed by atoms with Gasteiger partial charge in [-0.15, -0.1) is 23.1 Å². The van der Waals surface area contributed by atoms with Crippen LogP contribution < -0.4 is 21.4 Å². The molecule has 14 nitrogen and oxygen atoms in total. The zero-order valence-electron chi connectivity index (χ0n) is 17.5. The van der Waals surface area contributed by atoms with Gasteiger partial charge < -0.3 is 21.4 Å². The highest BCUT2D eigenvalue weighted by molar-refractivity contribution is 8.00. The van der Waals surface area contributed by atoms with Gasteiger partial charge in [0.1, 0.15) is 22.8 Å². The molecule has 2 fully saturated rings. The number of nitrogens with one attached hydrogen (secondary N) is 3. The summed E-state index contributed by atoms with van der Waals surface area (Å²) in [5.74, 6) is -3.48. The smallest absolute Gasteiger partial charge is 0.417 e. The molecule has 182 valence electrons. The first kappa shape index (κ1) is 24.4. The fraction of sp³-hybridized carbons (Fsp3) is 0.412. The van der Waals surface area contributed by atoms with Gasteiger partial charge in [-0.2, -0.15) is 4.31 Å². The summed E-state index contributed by atoms with van der Waals surface area (Å²) in [6.07, 6.45) is -0.427. The van der Waals surface area contributed by atoms with Crippen LogP contribution in [0.1, 0.15) is 17.4 Å². The normalized spacial score (nSPS) is 27.1. The van der Waals surface area contributed by atoms with E-state index in [1.165, 1.54) is 29.1 Å². The molecule has 3 aliphatic rings. The van der Waals surface area contributed by atoms with Crippen molar-refractivity contribution in [3.63, 3.8) is 0 Å². The number of quaternary nitrogens is 1. The van der Waals surface area contributed by atoms with E-state index in [1.807, 2.05) is 0 Å². The average molecular weight is 530 g/mol. The van der Waals surface area contributed by atoms with Crippen LogP contribution in [0.4, 0.5) is 9.93 Å². The lowest BCUT2D eigenvalue weighted by molar-refractivity contribution is -0.776. The van der Waals surface area contributed by atoms with Crippen LogP contribution in [-0.2, 0) is 14.4 Å². The number of thioether (sulfide) groups is 1. The number of aliphatic carboxylic acids is 1. The minimum Gasteiger partial charge on any atom is -0.624 e. The molecular weight excluding hydrogens is 510 g/mol. The van der Waals surface area contributed by atoms with Gasteiger partial charge in [0.05, 0.1) is 6.17 Å². The Bertz CT molecular complexity index is 1110. The third kappa shape index (κ3) is 4.49. The van der Waals surface area contributed by atoms with Crippen LogP contribution in [0.5, 0.6) is 0 Å². The van der Waals surface area contributed by atoms with Crippen LogP contribution in [-0.4, -0.2) is 84.6 Å². The zero-order chi connectivity index (χ0) is 24.7. The quantitative estimate of drug-likeness (QED) is 0.0856. The number of β-lactam (4-membered cyclic amide) rings is 1. The highest BCUT2D eigenvalue weighted by atomic mass is 32.2. The van der Waals surface area contributed by atoms with Crippen molar-refractivity contribution in [1.29, 1.82) is 0 Å². The molecule has 1 aromatic heterocycles. The van der Waals surface area contributed by atoms with Gasteiger partial charge in [-0.05, 0) is 12.5 Å². The van der Waals surface area contributed by atoms with Crippen molar-refractivity contribution in [3.05, 3.63) is 27.6 Å². The summed E-state index contributed by atoms with van der Waals surface area (Å²) >= 11 is 3.43. The standard InChI is InChI=1S/C17H19N7O7S3/c1-6-19-17(30)22(31)5-23(6)34-3-7-2-32-14-9(13(27)24(14)10(7)15(28)29)21-12(26)11(25)8-4-33-16(18)20-8/h4,6,9,14,22H,2-3,5H2,1H3,(H2,18,20)(H,19,30)(H,21,26)(H,28,29)/t6?,9-,14-/m1/s1. The predicted molar refractivity (Wildman–Crippen MR) is 122 cm³/mol. The third-order valence-corrected chi connectivity index (χ3v) is 8.49. The summed E-state index contributed by atoms with van der Waals surface area (Å²) in [7, 11) is 0. The molecule has 0 saturated carbocycles. The Morgan fingerprint density at radius 1 is 1.44 bits per heavy atom. The molecule has 4 amide bonds. The van der Waals surface area contributed by atoms with E-state index in [0.29, 0.717) is 5.57 Å². The molecule has 4 atom stereocenters. The fourth-order valence-corrected chi connectivity index (χ4v) is 6.58. The third-order valence-electron chi connectivity index (χ3n) is 5.23. The number of carbonyl (C=O) groups is 5. The number of thiazole rings is 1. The number of ketones is 1. The second-order valence-electron chi connectivity index (χ2n) is 7.44. The van der Waals surface area contributed by atoms with Gasteiger partial charge in [-0.25, -0.2) is 14.6 Å². The first-order valence-electron chi connectivity index (χ1n) is 9.78. The predicted octanol–water partition coefficient (Wildman–Crippen LogP) is -1.99. The summed E-state index contributed by atoms with van der Waals surface area (Å²) in [4.78, 5) is 65.5. The minimum absolute atomic E-state index is 0.113. The second kappa shape index (κ2) is 9.51. The Labute approximate surface area is 204 Å². The summed E-state index contributed by atoms with van der Waals surface area (Å²) in [6.45, 7) is 1.58. The lowest BCUT2D eigenvalue weighted by Gasteiger charge is -2.49. The number of fused-ring (bicyclic) bond motifs is 1. The molecule has 2 unspecified atom stereocenters. The SMILES string of the molecule is CC1NC(=O)[NH+]([O-])CN1SCC1=C(C(=O)O)N2C(=O)[C@@H](NC(=O)C(=O)c3csc(N)n3)[C@H]2SC1. The number of urea groups is 1. The van der Waals surface area contributed by atoms with Gasteiger partial charge in [-0.3, -0.25) is 29.7 Å². The number of carboxylic acids is 1. The van der Waals surface area contributed by atoms with Crippen LogP contribution >= 0.6 is 35.0 Å². The van der Waals surface area contributed by atoms with E-state index in [1.54, 1.807) is 11.2 Å². The molecule has 1 aromatic rings. The summed E-state index contributed by atoms with van der Waals surface area (Å²) in [5.41, 5.74) is 5.61. The van der Waals surface area contributed by atoms with Crippen molar-refractivity contribution >= 4 is 69.8 Å². The lowest BCUT2D eigenvalue weighted by Crippen LogP contribution is -3.15. The maximum Gasteiger partial charge on any atom is 0.417 e. The van der Waals surface area contributed by atoms with E-state index in [-0.39, 0.29) is 34.7 Å². The van der Waals surface area contributed by atoms with E-state index >= 15 is 0 Å². The monoisotopic (exact) mass is 529 g/mol. The summed E-state index contributed by atoms with van der Waals surface area (Å²) in [6, 6.07) is -1.72. The van der Waals surface area contributed by atoms with Gasteiger partial charge >= 0.3 is 12.0 Å². The van der Waals surface area contributed by atoms with Gasteiger partial charge in [-0.1, -0.05) is 11.9 Å². The van der Waals surface area contributed by atoms with Crippen molar-refractivity contribution in [2.75, 3.05) is 23.9 Å². The van der Waals surface area contributed by atoms with Crippen LogP contribution in [0, 0.1) is 5.21 Å². The molecule has 2 saturated heterocycles. The van der Waals surface area contributed by atoms with E-state index in [2.05, 4.69) is 15.6 Å². The van der Waals surface area contributed by atoms with E-state index in [0.717, 1.165) is 16.2 Å². The van der Waals surface area contributed by atoms with E-state index < -0.39 is 52.2 Å². The van der Waals surface area contributed by atoms with Crippen LogP contribution in [0.2, 0.25) is 0 Å². The molecular formula is C17H19N7O7S3. The molecule has 17 heteroatoms. The number of nitrogen functional groups attached to an aromatic ring is 1. The van der Waals surface area contributed by atoms with Crippen molar-refractivity contribution in [3.8, 4) is 0 Å². The van der Waals surface area contributed by atoms with Crippen LogP contribution in [0.3, 0.4) is 0 Å². The average Bonchev–Trinajstić information content (AvgIpc) is 3.23. The number of Topliss-reactive ketones (excluding diaryl/α,β-unsaturated/α-hetero) is 1. The first-order valence-corrected chi connectivity index (χ1v) is 12.6. The van der Waals surface area contributed by atoms with Gasteiger partial charge in [0.15, 0.2) is 11.8 Å². The minimum atomic E-state index is -1.30. The lowest BCUT2D eigenvalue weighted by atomic mass is 10.0. The number of nitrogens with zero attached hydrogens (tertiary/aromatic N) is 3. The second-order valence-corrected chi connectivity index (χ2v) is 10.5. The topological polar surface area (TPSA) is 203 Å². The molecule has 34 heavy (non-hydrogen) atoms. The molecule has 6 N–H and O–H groups in total. The van der Waals surface area contributed by atoms with E-state index in [9.17, 15) is 34.3 Å². The van der Waals surface area contributed by atoms with Crippen LogP contribution in [0.25, 0.3) is 0 Å². The zero-order valence-corrected chi connectivity index (χ0v) is 19.9. The summed E-state index contributed by atoms with van der Waals surface area (Å²) < 4.78 is 1.63. The first-order chi connectivity index (χ1) is 16.1. The number of nitrogens with two attached hydrogens (primary N) is 1. The number of carbonyl (C=O) groups excluding carboxylic acids is 4. The molecule has 0 spiro atoms. The van der Waals surface area contributed by atoms with Gasteiger partial charge in [0.25, 0.3) is 17.6 Å². The Kier molecular flexibility index (Phi) is 6.83. The number of anilines is 1. The number of aromatic nitrogens is 1. The maximum absolute atomic E-state index is 12.7. The Morgan fingerprint density at radius 3 is 2.82 bits per heavy atom. The van der Waals surface area contributed by atoms with Gasteiger partial charge in [0, 0.05) is 16.9 Å². The molecule has 4 heterocycles. The fourth-order valence-electron chi connectivity index (χ4n) is 3.52. The van der Waals surface area contributed by atoms with Gasteiger partial charge in [0.2, 0.25) is 0 Å². The Balaban J connectivity index is 1.43. The van der Waals surface area contributed by atoms with E-state index in [4.69, 9.17) is 5.73 Å². The summed E-state index contributed by atoms with van der Waals surface area (Å²) in [5, 5.41) is 26.5. The molecule has 4 rings (SSSR count). The molecule has 0 radical (unpaired) electrons. The van der Waals surface area contributed by atoms with Crippen molar-refractivity contribution in [2.24, 2.45) is 0 Å². The number of amides is 4. The number of carboxylic acid groups (broad SMARTS) is 1. The van der Waals surface area contributed by atoms with Crippen molar-refractivity contribution in [2.45, 2.75) is 24.5 Å². The number of rotatable bonds is 7. The molecule has 0 aliphatic carbocycles.